The molecule has 0 saturated carbocycles. The normalized spacial score (nSPS) is 13.0. The molecule has 0 aliphatic rings. The summed E-state index contributed by atoms with van der Waals surface area (Å²) in [6, 6.07) is 6.03. The van der Waals surface area contributed by atoms with Gasteiger partial charge in [-0.3, -0.25) is 9.78 Å². The van der Waals surface area contributed by atoms with Crippen LogP contribution in [-0.2, 0) is 21.2 Å². The molecule has 0 aromatic carbocycles. The van der Waals surface area contributed by atoms with Gasteiger partial charge in [0.25, 0.3) is 10.0 Å². The number of rotatable bonds is 6. The summed E-state index contributed by atoms with van der Waals surface area (Å²) < 4.78 is 27.1. The lowest BCUT2D eigenvalue weighted by molar-refractivity contribution is -0.136. The molecule has 21 heavy (non-hydrogen) atoms. The molecule has 0 aliphatic heterocycles. The Bertz CT molecular complexity index is 726. The first-order valence-corrected chi connectivity index (χ1v) is 8.41. The van der Waals surface area contributed by atoms with Crippen molar-refractivity contribution in [1.82, 2.24) is 9.71 Å². The third kappa shape index (κ3) is 4.10. The van der Waals surface area contributed by atoms with E-state index in [1.54, 1.807) is 31.5 Å². The number of carboxylic acids is 1. The Morgan fingerprint density at radius 3 is 2.81 bits per heavy atom. The van der Waals surface area contributed by atoms with Crippen molar-refractivity contribution in [2.24, 2.45) is 0 Å². The highest BCUT2D eigenvalue weighted by Crippen LogP contribution is 2.24. The monoisotopic (exact) mass is 326 g/mol. The number of thiophene rings is 1. The Labute approximate surface area is 126 Å². The third-order valence-electron chi connectivity index (χ3n) is 2.74. The minimum atomic E-state index is -3.67. The molecule has 0 spiro atoms. The minimum absolute atomic E-state index is 0.106. The molecule has 0 amide bonds. The number of pyridine rings is 1. The van der Waals surface area contributed by atoms with E-state index in [2.05, 4.69) is 9.71 Å². The average Bonchev–Trinajstić information content (AvgIpc) is 2.88. The Balaban J connectivity index is 2.15. The molecule has 2 heterocycles. The van der Waals surface area contributed by atoms with Crippen LogP contribution < -0.4 is 4.72 Å². The van der Waals surface area contributed by atoms with Crippen molar-refractivity contribution in [2.45, 2.75) is 23.6 Å². The lowest BCUT2D eigenvalue weighted by Crippen LogP contribution is -2.26. The largest absolute Gasteiger partial charge is 0.481 e. The van der Waals surface area contributed by atoms with Gasteiger partial charge in [0.15, 0.2) is 0 Å². The number of carboxylic acid groups (broad SMARTS) is 1. The maximum Gasteiger partial charge on any atom is 0.308 e. The van der Waals surface area contributed by atoms with Gasteiger partial charge in [0.05, 0.1) is 6.42 Å². The molecule has 0 aliphatic carbocycles. The second kappa shape index (κ2) is 6.33. The first-order chi connectivity index (χ1) is 9.88. The van der Waals surface area contributed by atoms with Gasteiger partial charge in [-0.15, -0.1) is 11.3 Å². The molecule has 2 rings (SSSR count). The van der Waals surface area contributed by atoms with Crippen molar-refractivity contribution < 1.29 is 18.3 Å². The number of sulfonamides is 1. The average molecular weight is 326 g/mol. The van der Waals surface area contributed by atoms with Crippen LogP contribution in [0.3, 0.4) is 0 Å². The Hall–Kier alpha value is -1.77. The van der Waals surface area contributed by atoms with Gasteiger partial charge in [0.2, 0.25) is 0 Å². The smallest absolute Gasteiger partial charge is 0.308 e. The Morgan fingerprint density at radius 2 is 2.19 bits per heavy atom. The predicted octanol–water partition coefficient (Wildman–Crippen LogP) is 1.81. The van der Waals surface area contributed by atoms with Crippen LogP contribution in [0.1, 0.15) is 23.4 Å². The van der Waals surface area contributed by atoms with Crippen LogP contribution in [0, 0.1) is 0 Å². The molecule has 8 heteroatoms. The van der Waals surface area contributed by atoms with Gasteiger partial charge in [-0.25, -0.2) is 13.1 Å². The van der Waals surface area contributed by atoms with Gasteiger partial charge in [-0.05, 0) is 30.7 Å². The molecule has 112 valence electrons. The zero-order chi connectivity index (χ0) is 15.5. The van der Waals surface area contributed by atoms with Crippen molar-refractivity contribution in [3.8, 4) is 0 Å². The molecule has 0 radical (unpaired) electrons. The lowest BCUT2D eigenvalue weighted by Gasteiger charge is -2.13. The summed E-state index contributed by atoms with van der Waals surface area (Å²) in [7, 11) is -3.67. The molecule has 1 atom stereocenters. The molecule has 2 N–H and O–H groups in total. The summed E-state index contributed by atoms with van der Waals surface area (Å²) in [5.74, 6) is -0.988. The molecular weight excluding hydrogens is 312 g/mol. The van der Waals surface area contributed by atoms with E-state index < -0.39 is 22.0 Å². The highest BCUT2D eigenvalue weighted by molar-refractivity contribution is 7.91. The van der Waals surface area contributed by atoms with Crippen LogP contribution in [0.15, 0.2) is 40.9 Å². The van der Waals surface area contributed by atoms with Crippen molar-refractivity contribution in [3.63, 3.8) is 0 Å². The maximum atomic E-state index is 12.2. The van der Waals surface area contributed by atoms with Crippen molar-refractivity contribution >= 4 is 27.3 Å². The summed E-state index contributed by atoms with van der Waals surface area (Å²) in [5, 5.41) is 8.71. The summed E-state index contributed by atoms with van der Waals surface area (Å²) in [6.07, 6.45) is 3.03. The fraction of sp³-hybridized carbons (Fsp3) is 0.231. The molecule has 0 saturated heterocycles. The van der Waals surface area contributed by atoms with Gasteiger partial charge in [-0.2, -0.15) is 0 Å². The highest BCUT2D eigenvalue weighted by Gasteiger charge is 2.21. The Kier molecular flexibility index (Phi) is 4.71. The van der Waals surface area contributed by atoms with E-state index >= 15 is 0 Å². The number of nitrogens with one attached hydrogen (secondary N) is 1. The van der Waals surface area contributed by atoms with E-state index in [1.165, 1.54) is 12.1 Å². The molecule has 2 aromatic heterocycles. The van der Waals surface area contributed by atoms with Crippen LogP contribution in [0.5, 0.6) is 0 Å². The Morgan fingerprint density at radius 1 is 1.43 bits per heavy atom. The first-order valence-electron chi connectivity index (χ1n) is 6.11. The van der Waals surface area contributed by atoms with Crippen molar-refractivity contribution in [2.75, 3.05) is 0 Å². The van der Waals surface area contributed by atoms with Gasteiger partial charge >= 0.3 is 5.97 Å². The highest BCUT2D eigenvalue weighted by atomic mass is 32.2. The van der Waals surface area contributed by atoms with Crippen LogP contribution in [0.25, 0.3) is 0 Å². The van der Waals surface area contributed by atoms with Crippen LogP contribution in [0.4, 0.5) is 0 Å². The summed E-state index contributed by atoms with van der Waals surface area (Å²) in [4.78, 5) is 15.1. The van der Waals surface area contributed by atoms with Crippen LogP contribution >= 0.6 is 11.3 Å². The number of nitrogens with zero attached hydrogens (tertiary/aromatic N) is 1. The van der Waals surface area contributed by atoms with E-state index in [9.17, 15) is 13.2 Å². The molecule has 6 nitrogen and oxygen atoms in total. The number of carbonyl (C=O) groups is 1. The summed E-state index contributed by atoms with van der Waals surface area (Å²) in [6.45, 7) is 1.72. The third-order valence-corrected chi connectivity index (χ3v) is 5.86. The van der Waals surface area contributed by atoms with Crippen molar-refractivity contribution in [3.05, 3.63) is 47.1 Å². The van der Waals surface area contributed by atoms with E-state index in [-0.39, 0.29) is 10.6 Å². The van der Waals surface area contributed by atoms with Gasteiger partial charge < -0.3 is 5.11 Å². The fourth-order valence-electron chi connectivity index (χ4n) is 1.74. The van der Waals surface area contributed by atoms with E-state index in [4.69, 9.17) is 5.11 Å². The number of aliphatic carboxylic acids is 1. The van der Waals surface area contributed by atoms with Gasteiger partial charge in [0, 0.05) is 23.3 Å². The number of hydrogen-bond donors (Lipinski definition) is 2. The zero-order valence-electron chi connectivity index (χ0n) is 11.2. The van der Waals surface area contributed by atoms with E-state index in [0.29, 0.717) is 4.88 Å². The topological polar surface area (TPSA) is 96.4 Å². The quantitative estimate of drug-likeness (QED) is 0.844. The lowest BCUT2D eigenvalue weighted by atomic mass is 10.2. The number of hydrogen-bond acceptors (Lipinski definition) is 5. The van der Waals surface area contributed by atoms with Crippen LogP contribution in [-0.4, -0.2) is 24.5 Å². The fourth-order valence-corrected chi connectivity index (χ4v) is 4.33. The van der Waals surface area contributed by atoms with Crippen LogP contribution in [0.2, 0.25) is 0 Å². The standard InChI is InChI=1S/C13H14N2O4S2/c1-9(10-3-2-6-14-8-10)15-21(18,19)13-5-4-11(20-13)7-12(16)17/h2-6,8-9,15H,7H2,1H3,(H,16,17)/t9-/m0/s1. The molecular formula is C13H14N2O4S2. The van der Waals surface area contributed by atoms with Gasteiger partial charge in [-0.1, -0.05) is 6.07 Å². The predicted molar refractivity (Wildman–Crippen MR) is 78.6 cm³/mol. The zero-order valence-corrected chi connectivity index (χ0v) is 12.8. The minimum Gasteiger partial charge on any atom is -0.481 e. The van der Waals surface area contributed by atoms with Gasteiger partial charge in [0.1, 0.15) is 4.21 Å². The number of aromatic nitrogens is 1. The molecule has 2 aromatic rings. The molecule has 0 bridgehead atoms. The summed E-state index contributed by atoms with van der Waals surface area (Å²) in [5.41, 5.74) is 0.753. The summed E-state index contributed by atoms with van der Waals surface area (Å²) >= 11 is 0.958. The molecule has 0 unspecified atom stereocenters. The maximum absolute atomic E-state index is 12.2. The van der Waals surface area contributed by atoms with E-state index in [1.807, 2.05) is 0 Å². The first kappa shape index (κ1) is 15.6. The van der Waals surface area contributed by atoms with Crippen molar-refractivity contribution in [1.29, 1.82) is 0 Å². The van der Waals surface area contributed by atoms with E-state index in [0.717, 1.165) is 16.9 Å². The second-order valence-corrected chi connectivity index (χ2v) is 7.53. The second-order valence-electron chi connectivity index (χ2n) is 4.42. The SMILES string of the molecule is C[C@H](NS(=O)(=O)c1ccc(CC(=O)O)s1)c1cccnc1. The molecule has 0 fully saturated rings.